The first-order chi connectivity index (χ1) is 14.4. The Balaban J connectivity index is 1.73. The van der Waals surface area contributed by atoms with Crippen molar-refractivity contribution in [3.05, 3.63) is 59.7 Å². The molecular weight excluding hydrogens is 432 g/mol. The minimum atomic E-state index is -4.79. The molecule has 31 heavy (non-hydrogen) atoms. The summed E-state index contributed by atoms with van der Waals surface area (Å²) in [6.45, 7) is 0. The molecule has 0 atom stereocenters. The van der Waals surface area contributed by atoms with Gasteiger partial charge in [-0.3, -0.25) is 4.79 Å². The van der Waals surface area contributed by atoms with Gasteiger partial charge in [-0.2, -0.15) is 26.3 Å². The highest BCUT2D eigenvalue weighted by Gasteiger charge is 2.35. The number of phenols is 1. The van der Waals surface area contributed by atoms with Crippen LogP contribution >= 0.6 is 0 Å². The molecule has 0 saturated carbocycles. The first kappa shape index (κ1) is 20.4. The van der Waals surface area contributed by atoms with Gasteiger partial charge in [-0.05, 0) is 18.2 Å². The van der Waals surface area contributed by atoms with Crippen LogP contribution in [-0.2, 0) is 12.4 Å². The van der Waals surface area contributed by atoms with E-state index in [1.807, 2.05) is 0 Å². The molecule has 2 bridgehead atoms. The maximum Gasteiger partial charge on any atom is 0.451 e. The number of aromatic nitrogens is 2. The number of carbonyl (C=O) groups is 1. The summed E-state index contributed by atoms with van der Waals surface area (Å²) in [6, 6.07) is 4.98. The van der Waals surface area contributed by atoms with Gasteiger partial charge >= 0.3 is 12.4 Å². The SMILES string of the molecule is O=C(Nc1cccc(C(F)(F)F)c1)c1c(-c2cnc(C(F)(F)F)nc2)c2oc1cc2O. The highest BCUT2D eigenvalue weighted by molar-refractivity contribution is 6.17. The summed E-state index contributed by atoms with van der Waals surface area (Å²) in [5.41, 5.74) is -1.83. The number of nitrogens with zero attached hydrogens (tertiary/aromatic N) is 2. The Hall–Kier alpha value is -3.83. The van der Waals surface area contributed by atoms with Crippen molar-refractivity contribution in [2.75, 3.05) is 5.32 Å². The van der Waals surface area contributed by atoms with Gasteiger partial charge in [-0.15, -0.1) is 0 Å². The van der Waals surface area contributed by atoms with Gasteiger partial charge in [-0.1, -0.05) is 6.07 Å². The van der Waals surface area contributed by atoms with E-state index in [1.165, 1.54) is 6.07 Å². The molecule has 1 amide bonds. The second-order valence-corrected chi connectivity index (χ2v) is 6.40. The molecule has 1 aromatic carbocycles. The second-order valence-electron chi connectivity index (χ2n) is 6.40. The van der Waals surface area contributed by atoms with E-state index in [2.05, 4.69) is 15.3 Å². The van der Waals surface area contributed by atoms with E-state index in [-0.39, 0.29) is 39.3 Å². The molecule has 0 saturated heterocycles. The van der Waals surface area contributed by atoms with E-state index in [4.69, 9.17) is 4.42 Å². The number of alkyl halides is 6. The number of halogens is 6. The minimum Gasteiger partial charge on any atom is -0.504 e. The number of amides is 1. The monoisotopic (exact) mass is 441 g/mol. The van der Waals surface area contributed by atoms with E-state index < -0.39 is 29.6 Å². The van der Waals surface area contributed by atoms with E-state index in [9.17, 15) is 36.2 Å². The van der Waals surface area contributed by atoms with Crippen molar-refractivity contribution < 1.29 is 40.7 Å². The summed E-state index contributed by atoms with van der Waals surface area (Å²) in [5, 5.41) is 12.2. The summed E-state index contributed by atoms with van der Waals surface area (Å²) in [5.74, 6) is -2.68. The van der Waals surface area contributed by atoms with Crippen molar-refractivity contribution in [3.63, 3.8) is 0 Å². The van der Waals surface area contributed by atoms with Crippen LogP contribution in [0.2, 0.25) is 0 Å². The van der Waals surface area contributed by atoms with Crippen LogP contribution in [0.25, 0.3) is 22.3 Å². The van der Waals surface area contributed by atoms with Crippen LogP contribution < -0.4 is 5.32 Å². The molecule has 4 aromatic rings. The molecule has 12 heteroatoms. The fourth-order valence-corrected chi connectivity index (χ4v) is 2.99. The molecule has 0 aliphatic rings. The smallest absolute Gasteiger partial charge is 0.451 e. The van der Waals surface area contributed by atoms with Gasteiger partial charge in [0.25, 0.3) is 5.91 Å². The molecular formula is C19H9F6N3O3. The molecule has 0 fully saturated rings. The number of aromatic hydroxyl groups is 1. The third-order valence-corrected chi connectivity index (χ3v) is 4.30. The molecule has 3 heterocycles. The number of fused-ring (bicyclic) bond motifs is 2. The number of carbonyl (C=O) groups excluding carboxylic acids is 1. The zero-order valence-electron chi connectivity index (χ0n) is 15.0. The van der Waals surface area contributed by atoms with Gasteiger partial charge in [0.05, 0.1) is 11.1 Å². The number of nitrogens with one attached hydrogen (secondary N) is 1. The topological polar surface area (TPSA) is 88.3 Å². The van der Waals surface area contributed by atoms with Crippen LogP contribution in [0, 0.1) is 0 Å². The van der Waals surface area contributed by atoms with Crippen molar-refractivity contribution >= 4 is 22.8 Å². The molecule has 0 aliphatic heterocycles. The van der Waals surface area contributed by atoms with Crippen LogP contribution in [-0.4, -0.2) is 21.0 Å². The Morgan fingerprint density at radius 2 is 1.68 bits per heavy atom. The molecule has 4 rings (SSSR count). The normalized spacial score (nSPS) is 12.5. The lowest BCUT2D eigenvalue weighted by Crippen LogP contribution is -2.14. The van der Waals surface area contributed by atoms with Crippen molar-refractivity contribution in [1.29, 1.82) is 0 Å². The first-order valence-electron chi connectivity index (χ1n) is 8.41. The van der Waals surface area contributed by atoms with Crippen LogP contribution in [0.3, 0.4) is 0 Å². The summed E-state index contributed by atoms with van der Waals surface area (Å²) < 4.78 is 82.1. The van der Waals surface area contributed by atoms with E-state index in [0.29, 0.717) is 0 Å². The average Bonchev–Trinajstić information content (AvgIpc) is 3.24. The van der Waals surface area contributed by atoms with Crippen LogP contribution in [0.5, 0.6) is 5.75 Å². The third-order valence-electron chi connectivity index (χ3n) is 4.30. The number of hydrogen-bond acceptors (Lipinski definition) is 5. The Morgan fingerprint density at radius 1 is 1.00 bits per heavy atom. The van der Waals surface area contributed by atoms with Gasteiger partial charge in [0.2, 0.25) is 5.82 Å². The van der Waals surface area contributed by atoms with Crippen molar-refractivity contribution in [1.82, 2.24) is 9.97 Å². The average molecular weight is 441 g/mol. The molecule has 160 valence electrons. The predicted octanol–water partition coefficient (Wildman–Crippen LogP) is 5.32. The van der Waals surface area contributed by atoms with E-state index in [0.717, 1.165) is 36.7 Å². The molecule has 2 N–H and O–H groups in total. The Morgan fingerprint density at radius 3 is 2.29 bits per heavy atom. The largest absolute Gasteiger partial charge is 0.504 e. The summed E-state index contributed by atoms with van der Waals surface area (Å²) in [4.78, 5) is 19.2. The summed E-state index contributed by atoms with van der Waals surface area (Å²) in [6.07, 6.45) is -7.82. The first-order valence-corrected chi connectivity index (χ1v) is 8.41. The number of phenolic OH excluding ortho intramolecular Hbond substituents is 1. The van der Waals surface area contributed by atoms with Crippen molar-refractivity contribution in [3.8, 4) is 16.9 Å². The fraction of sp³-hybridized carbons (Fsp3) is 0.105. The van der Waals surface area contributed by atoms with Gasteiger partial charge in [0, 0.05) is 35.3 Å². The summed E-state index contributed by atoms with van der Waals surface area (Å²) >= 11 is 0. The van der Waals surface area contributed by atoms with Crippen LogP contribution in [0.15, 0.2) is 47.1 Å². The Bertz CT molecular complexity index is 1260. The number of rotatable bonds is 3. The number of anilines is 1. The number of furan rings is 2. The van der Waals surface area contributed by atoms with E-state index in [1.54, 1.807) is 0 Å². The highest BCUT2D eigenvalue weighted by atomic mass is 19.4. The van der Waals surface area contributed by atoms with Gasteiger partial charge in [0.1, 0.15) is 5.58 Å². The molecule has 0 radical (unpaired) electrons. The fourth-order valence-electron chi connectivity index (χ4n) is 2.99. The maximum absolute atomic E-state index is 12.9. The van der Waals surface area contributed by atoms with Crippen LogP contribution in [0.4, 0.5) is 32.0 Å². The molecule has 6 nitrogen and oxygen atoms in total. The van der Waals surface area contributed by atoms with Crippen molar-refractivity contribution in [2.24, 2.45) is 0 Å². The molecule has 3 aromatic heterocycles. The summed E-state index contributed by atoms with van der Waals surface area (Å²) in [7, 11) is 0. The molecule has 0 spiro atoms. The number of benzene rings is 2. The highest BCUT2D eigenvalue weighted by Crippen LogP contribution is 2.43. The lowest BCUT2D eigenvalue weighted by Gasteiger charge is -2.11. The van der Waals surface area contributed by atoms with E-state index >= 15 is 0 Å². The Labute approximate surface area is 168 Å². The maximum atomic E-state index is 12.9. The second kappa shape index (κ2) is 6.86. The third kappa shape index (κ3) is 3.71. The van der Waals surface area contributed by atoms with Gasteiger partial charge < -0.3 is 14.8 Å². The standard InChI is InChI=1S/C19H9F6N3O3/c20-18(21,22)9-2-1-3-10(4-9)28-16(30)14-12-5-11(29)15(31-12)13(14)8-6-26-17(27-7-8)19(23,24)25/h1-7,29H,(H,28,30). The molecule has 0 unspecified atom stereocenters. The quantitative estimate of drug-likeness (QED) is 0.420. The lowest BCUT2D eigenvalue weighted by molar-refractivity contribution is -0.145. The van der Waals surface area contributed by atoms with Gasteiger partial charge in [0.15, 0.2) is 11.3 Å². The Kier molecular flexibility index (Phi) is 4.52. The number of hydrogen-bond donors (Lipinski definition) is 2. The van der Waals surface area contributed by atoms with Crippen molar-refractivity contribution in [2.45, 2.75) is 12.4 Å². The lowest BCUT2D eigenvalue weighted by atomic mass is 10.0. The zero-order valence-corrected chi connectivity index (χ0v) is 15.0. The zero-order chi connectivity index (χ0) is 22.6. The van der Waals surface area contributed by atoms with Gasteiger partial charge in [-0.25, -0.2) is 9.97 Å². The molecule has 0 aliphatic carbocycles. The minimum absolute atomic E-state index is 0.0631. The predicted molar refractivity (Wildman–Crippen MR) is 94.5 cm³/mol. The van der Waals surface area contributed by atoms with Crippen LogP contribution in [0.1, 0.15) is 21.7 Å².